The predicted molar refractivity (Wildman–Crippen MR) is 152 cm³/mol. The number of H-pyrrole nitrogens is 1. The Morgan fingerprint density at radius 1 is 1.08 bits per heavy atom. The Labute approximate surface area is 222 Å². The first-order chi connectivity index (χ1) is 18.2. The molecule has 9 heteroatoms. The zero-order chi connectivity index (χ0) is 27.0. The second kappa shape index (κ2) is 10.2. The maximum absolute atomic E-state index is 13.4. The second-order valence-corrected chi connectivity index (χ2v) is 12.1. The highest BCUT2D eigenvalue weighted by Crippen LogP contribution is 2.42. The van der Waals surface area contributed by atoms with Gasteiger partial charge in [0.2, 0.25) is 9.84 Å². The fourth-order valence-electron chi connectivity index (χ4n) is 5.25. The zero-order valence-corrected chi connectivity index (χ0v) is 22.8. The summed E-state index contributed by atoms with van der Waals surface area (Å²) in [5, 5.41) is 3.57. The molecule has 2 aromatic heterocycles. The van der Waals surface area contributed by atoms with E-state index in [0.717, 1.165) is 24.1 Å². The van der Waals surface area contributed by atoms with Crippen molar-refractivity contribution in [1.29, 1.82) is 0 Å². The number of nitrogens with two attached hydrogens (primary N) is 1. The maximum Gasteiger partial charge on any atom is 0.274 e. The average Bonchev–Trinajstić information content (AvgIpc) is 3.38. The van der Waals surface area contributed by atoms with Gasteiger partial charge in [-0.15, -0.1) is 0 Å². The van der Waals surface area contributed by atoms with Crippen molar-refractivity contribution < 1.29 is 13.2 Å². The van der Waals surface area contributed by atoms with Gasteiger partial charge in [-0.25, -0.2) is 8.42 Å². The smallest absolute Gasteiger partial charge is 0.274 e. The van der Waals surface area contributed by atoms with Crippen molar-refractivity contribution in [2.45, 2.75) is 48.9 Å². The standard InChI is InChI=1S/C29H34N4O4S/c1-18-9-11-20(12-10-18)38(35,36)25-15-22-23(16-33(3)29(34)27(22)32-25)21-13-14-24(31-2)26(30)28(21)37-17-19-7-5-4-6-8-19/h9-16,19,31-32H,4-8,17,30H2,1-3H3. The number of sulfone groups is 1. The van der Waals surface area contributed by atoms with Crippen molar-refractivity contribution in [2.24, 2.45) is 13.0 Å². The highest BCUT2D eigenvalue weighted by Gasteiger charge is 2.25. The zero-order valence-electron chi connectivity index (χ0n) is 22.0. The molecule has 4 N–H and O–H groups in total. The van der Waals surface area contributed by atoms with Crippen LogP contribution < -0.4 is 21.3 Å². The van der Waals surface area contributed by atoms with Gasteiger partial charge in [0.1, 0.15) is 10.5 Å². The highest BCUT2D eigenvalue weighted by molar-refractivity contribution is 7.91. The topological polar surface area (TPSA) is 119 Å². The first-order valence-corrected chi connectivity index (χ1v) is 14.5. The molecule has 0 radical (unpaired) electrons. The molecule has 5 rings (SSSR count). The molecule has 2 heterocycles. The number of fused-ring (bicyclic) bond motifs is 1. The maximum atomic E-state index is 13.4. The number of aromatic amines is 1. The van der Waals surface area contributed by atoms with Crippen LogP contribution in [0.3, 0.4) is 0 Å². The van der Waals surface area contributed by atoms with Crippen molar-refractivity contribution in [3.8, 4) is 16.9 Å². The summed E-state index contributed by atoms with van der Waals surface area (Å²) in [7, 11) is -0.422. The molecule has 1 fully saturated rings. The first kappa shape index (κ1) is 25.9. The number of pyridine rings is 1. The lowest BCUT2D eigenvalue weighted by atomic mass is 9.90. The molecule has 0 aliphatic heterocycles. The lowest BCUT2D eigenvalue weighted by Crippen LogP contribution is -2.18. The number of rotatable bonds is 7. The molecule has 0 atom stereocenters. The largest absolute Gasteiger partial charge is 0.490 e. The third-order valence-corrected chi connectivity index (χ3v) is 9.20. The Morgan fingerprint density at radius 3 is 2.47 bits per heavy atom. The van der Waals surface area contributed by atoms with Crippen LogP contribution >= 0.6 is 0 Å². The van der Waals surface area contributed by atoms with Gasteiger partial charge in [0, 0.05) is 36.8 Å². The number of ether oxygens (including phenoxy) is 1. The summed E-state index contributed by atoms with van der Waals surface area (Å²) < 4.78 is 34.7. The average molecular weight is 535 g/mol. The molecule has 0 spiro atoms. The van der Waals surface area contributed by atoms with E-state index in [0.29, 0.717) is 40.5 Å². The molecule has 1 saturated carbocycles. The number of nitrogen functional groups attached to an aromatic ring is 1. The van der Waals surface area contributed by atoms with Crippen molar-refractivity contribution >= 4 is 32.1 Å². The van der Waals surface area contributed by atoms with Crippen molar-refractivity contribution in [1.82, 2.24) is 9.55 Å². The molecule has 38 heavy (non-hydrogen) atoms. The third kappa shape index (κ3) is 4.67. The molecule has 1 aliphatic rings. The molecule has 0 saturated heterocycles. The first-order valence-electron chi connectivity index (χ1n) is 13.0. The van der Waals surface area contributed by atoms with E-state index in [1.807, 2.05) is 19.1 Å². The summed E-state index contributed by atoms with van der Waals surface area (Å²) in [5.74, 6) is 0.999. The van der Waals surface area contributed by atoms with E-state index in [9.17, 15) is 13.2 Å². The molecular formula is C29H34N4O4S. The molecule has 8 nitrogen and oxygen atoms in total. The van der Waals surface area contributed by atoms with E-state index in [2.05, 4.69) is 10.3 Å². The number of anilines is 2. The van der Waals surface area contributed by atoms with E-state index >= 15 is 0 Å². The normalized spacial score (nSPS) is 14.6. The number of aryl methyl sites for hydroxylation is 2. The van der Waals surface area contributed by atoms with Crippen LogP contribution in [0.5, 0.6) is 5.75 Å². The summed E-state index contributed by atoms with van der Waals surface area (Å²) in [6.45, 7) is 2.45. The minimum Gasteiger partial charge on any atom is -0.490 e. The SMILES string of the molecule is CNc1ccc(-c2cn(C)c(=O)c3[nH]c(S(=O)(=O)c4ccc(C)cc4)cc23)c(OCC2CCCCC2)c1N. The Balaban J connectivity index is 1.66. The van der Waals surface area contributed by atoms with E-state index < -0.39 is 9.84 Å². The molecule has 0 bridgehead atoms. The van der Waals surface area contributed by atoms with Gasteiger partial charge in [0.25, 0.3) is 5.56 Å². The number of nitrogens with one attached hydrogen (secondary N) is 2. The van der Waals surface area contributed by atoms with E-state index in [1.165, 1.54) is 29.9 Å². The number of hydrogen-bond acceptors (Lipinski definition) is 6. The fourth-order valence-corrected chi connectivity index (χ4v) is 6.51. The summed E-state index contributed by atoms with van der Waals surface area (Å²) >= 11 is 0. The van der Waals surface area contributed by atoms with Gasteiger partial charge in [0.15, 0.2) is 5.75 Å². The quantitative estimate of drug-likeness (QED) is 0.278. The summed E-state index contributed by atoms with van der Waals surface area (Å²) in [5.41, 5.74) is 10.0. The number of nitrogens with zero attached hydrogens (tertiary/aromatic N) is 1. The Morgan fingerprint density at radius 2 is 1.79 bits per heavy atom. The van der Waals surface area contributed by atoms with Crippen LogP contribution in [0.4, 0.5) is 11.4 Å². The van der Waals surface area contributed by atoms with Gasteiger partial charge in [0.05, 0.1) is 22.9 Å². The number of hydrogen-bond donors (Lipinski definition) is 3. The summed E-state index contributed by atoms with van der Waals surface area (Å²) in [4.78, 5) is 16.2. The Bertz CT molecular complexity index is 1650. The van der Waals surface area contributed by atoms with Gasteiger partial charge in [-0.1, -0.05) is 37.0 Å². The van der Waals surface area contributed by atoms with Crippen molar-refractivity contribution in [3.63, 3.8) is 0 Å². The number of benzene rings is 2. The fraction of sp³-hybridized carbons (Fsp3) is 0.345. The van der Waals surface area contributed by atoms with Crippen LogP contribution in [-0.2, 0) is 16.9 Å². The van der Waals surface area contributed by atoms with Crippen LogP contribution in [0.1, 0.15) is 37.7 Å². The Kier molecular flexibility index (Phi) is 6.96. The molecule has 200 valence electrons. The van der Waals surface area contributed by atoms with Crippen LogP contribution in [0.2, 0.25) is 0 Å². The molecule has 4 aromatic rings. The van der Waals surface area contributed by atoms with Gasteiger partial charge in [-0.3, -0.25) is 4.79 Å². The van der Waals surface area contributed by atoms with Gasteiger partial charge >= 0.3 is 0 Å². The minimum atomic E-state index is -3.87. The second-order valence-electron chi connectivity index (χ2n) is 10.2. The third-order valence-electron chi connectivity index (χ3n) is 7.50. The van der Waals surface area contributed by atoms with Crippen molar-refractivity contribution in [3.05, 3.63) is 64.6 Å². The molecular weight excluding hydrogens is 500 g/mol. The lowest BCUT2D eigenvalue weighted by molar-refractivity contribution is 0.210. The highest BCUT2D eigenvalue weighted by atomic mass is 32.2. The molecule has 0 unspecified atom stereocenters. The van der Waals surface area contributed by atoms with Crippen LogP contribution in [0.15, 0.2) is 63.4 Å². The number of aromatic nitrogens is 2. The van der Waals surface area contributed by atoms with Crippen LogP contribution in [0, 0.1) is 12.8 Å². The Hall–Kier alpha value is -3.72. The monoisotopic (exact) mass is 534 g/mol. The van der Waals surface area contributed by atoms with E-state index in [-0.39, 0.29) is 21.0 Å². The van der Waals surface area contributed by atoms with Crippen molar-refractivity contribution in [2.75, 3.05) is 24.7 Å². The molecule has 2 aromatic carbocycles. The lowest BCUT2D eigenvalue weighted by Gasteiger charge is -2.24. The predicted octanol–water partition coefficient (Wildman–Crippen LogP) is 5.26. The summed E-state index contributed by atoms with van der Waals surface area (Å²) in [6, 6.07) is 12.0. The van der Waals surface area contributed by atoms with Gasteiger partial charge in [-0.2, -0.15) is 0 Å². The van der Waals surface area contributed by atoms with Gasteiger partial charge < -0.3 is 25.3 Å². The minimum absolute atomic E-state index is 0.0367. The van der Waals surface area contributed by atoms with Crippen LogP contribution in [0.25, 0.3) is 22.0 Å². The molecule has 1 aliphatic carbocycles. The van der Waals surface area contributed by atoms with E-state index in [4.69, 9.17) is 10.5 Å². The molecule has 0 amide bonds. The van der Waals surface area contributed by atoms with Crippen LogP contribution in [-0.4, -0.2) is 31.6 Å². The van der Waals surface area contributed by atoms with Gasteiger partial charge in [-0.05, 0) is 56.0 Å². The van der Waals surface area contributed by atoms with E-state index in [1.54, 1.807) is 44.6 Å². The summed E-state index contributed by atoms with van der Waals surface area (Å²) in [6.07, 6.45) is 7.64.